The molecule has 0 saturated carbocycles. The van der Waals surface area contributed by atoms with Crippen molar-refractivity contribution in [2.24, 2.45) is 0 Å². The number of carbonyl (C=O) groups excluding carboxylic acids is 2. The molecule has 2 amide bonds. The van der Waals surface area contributed by atoms with Crippen molar-refractivity contribution in [1.29, 1.82) is 0 Å². The van der Waals surface area contributed by atoms with Crippen LogP contribution in [0.3, 0.4) is 0 Å². The van der Waals surface area contributed by atoms with E-state index in [0.717, 1.165) is 17.7 Å². The van der Waals surface area contributed by atoms with Gasteiger partial charge in [0.15, 0.2) is 0 Å². The van der Waals surface area contributed by atoms with Crippen LogP contribution in [0.2, 0.25) is 0 Å². The van der Waals surface area contributed by atoms with Crippen LogP contribution in [0.5, 0.6) is 0 Å². The SMILES string of the molecule is COCCCN(CCC(=O)Nc1ccccc1C)C(C)=O. The number of ether oxygens (including phenoxy) is 1. The summed E-state index contributed by atoms with van der Waals surface area (Å²) in [5.74, 6) is -0.0999. The first-order valence-corrected chi connectivity index (χ1v) is 7.14. The lowest BCUT2D eigenvalue weighted by molar-refractivity contribution is -0.129. The quantitative estimate of drug-likeness (QED) is 0.747. The number of amides is 2. The van der Waals surface area contributed by atoms with Crippen LogP contribution in [0.15, 0.2) is 24.3 Å². The van der Waals surface area contributed by atoms with Crippen molar-refractivity contribution in [3.8, 4) is 0 Å². The monoisotopic (exact) mass is 292 g/mol. The van der Waals surface area contributed by atoms with Crippen LogP contribution in [0.1, 0.15) is 25.3 Å². The number of methoxy groups -OCH3 is 1. The van der Waals surface area contributed by atoms with Gasteiger partial charge < -0.3 is 15.0 Å². The minimum Gasteiger partial charge on any atom is -0.385 e. The minimum absolute atomic E-state index is 0.0187. The lowest BCUT2D eigenvalue weighted by atomic mass is 10.2. The third kappa shape index (κ3) is 6.40. The highest BCUT2D eigenvalue weighted by molar-refractivity contribution is 5.91. The Hall–Kier alpha value is -1.88. The predicted molar refractivity (Wildman–Crippen MR) is 83.2 cm³/mol. The molecule has 0 aliphatic rings. The molecule has 0 aliphatic carbocycles. The molecule has 116 valence electrons. The molecule has 5 heteroatoms. The fourth-order valence-corrected chi connectivity index (χ4v) is 1.99. The molecular formula is C16H24N2O3. The molecule has 0 heterocycles. The third-order valence-corrected chi connectivity index (χ3v) is 3.25. The average molecular weight is 292 g/mol. The maximum atomic E-state index is 11.9. The number of nitrogens with zero attached hydrogens (tertiary/aromatic N) is 1. The van der Waals surface area contributed by atoms with Gasteiger partial charge in [0.25, 0.3) is 0 Å². The smallest absolute Gasteiger partial charge is 0.226 e. The Morgan fingerprint density at radius 2 is 1.95 bits per heavy atom. The predicted octanol–water partition coefficient (Wildman–Crippen LogP) is 2.21. The normalized spacial score (nSPS) is 10.2. The van der Waals surface area contributed by atoms with Gasteiger partial charge in [-0.25, -0.2) is 0 Å². The molecule has 5 nitrogen and oxygen atoms in total. The molecular weight excluding hydrogens is 268 g/mol. The van der Waals surface area contributed by atoms with E-state index >= 15 is 0 Å². The van der Waals surface area contributed by atoms with Gasteiger partial charge in [0.05, 0.1) is 0 Å². The van der Waals surface area contributed by atoms with Gasteiger partial charge in [-0.3, -0.25) is 9.59 Å². The first-order chi connectivity index (χ1) is 10.0. The van der Waals surface area contributed by atoms with Crippen molar-refractivity contribution in [3.63, 3.8) is 0 Å². The molecule has 1 aromatic carbocycles. The minimum atomic E-state index is -0.0812. The number of rotatable bonds is 8. The topological polar surface area (TPSA) is 58.6 Å². The molecule has 1 rings (SSSR count). The van der Waals surface area contributed by atoms with Crippen molar-refractivity contribution in [1.82, 2.24) is 4.90 Å². The first kappa shape index (κ1) is 17.2. The summed E-state index contributed by atoms with van der Waals surface area (Å²) in [6.07, 6.45) is 1.07. The van der Waals surface area contributed by atoms with Crippen molar-refractivity contribution in [2.45, 2.75) is 26.7 Å². The number of para-hydroxylation sites is 1. The average Bonchev–Trinajstić information content (AvgIpc) is 2.44. The zero-order valence-electron chi connectivity index (χ0n) is 13.0. The Labute approximate surface area is 126 Å². The summed E-state index contributed by atoms with van der Waals surface area (Å²) in [4.78, 5) is 25.1. The van der Waals surface area contributed by atoms with E-state index < -0.39 is 0 Å². The summed E-state index contributed by atoms with van der Waals surface area (Å²) in [5, 5.41) is 2.87. The molecule has 0 aliphatic heterocycles. The van der Waals surface area contributed by atoms with Crippen LogP contribution < -0.4 is 5.32 Å². The summed E-state index contributed by atoms with van der Waals surface area (Å²) in [5.41, 5.74) is 1.84. The van der Waals surface area contributed by atoms with Crippen LogP contribution in [0.4, 0.5) is 5.69 Å². The van der Waals surface area contributed by atoms with E-state index in [1.54, 1.807) is 12.0 Å². The number of carbonyl (C=O) groups is 2. The second-order valence-electron chi connectivity index (χ2n) is 4.97. The van der Waals surface area contributed by atoms with Gasteiger partial charge in [-0.15, -0.1) is 0 Å². The highest BCUT2D eigenvalue weighted by Crippen LogP contribution is 2.13. The van der Waals surface area contributed by atoms with Gasteiger partial charge in [0.2, 0.25) is 11.8 Å². The van der Waals surface area contributed by atoms with Gasteiger partial charge in [0.1, 0.15) is 0 Å². The second kappa shape index (κ2) is 9.13. The van der Waals surface area contributed by atoms with Crippen LogP contribution in [0.25, 0.3) is 0 Å². The summed E-state index contributed by atoms with van der Waals surface area (Å²) in [7, 11) is 1.63. The zero-order valence-corrected chi connectivity index (χ0v) is 13.0. The Kier molecular flexibility index (Phi) is 7.46. The maximum Gasteiger partial charge on any atom is 0.226 e. The van der Waals surface area contributed by atoms with Crippen molar-refractivity contribution in [2.75, 3.05) is 32.1 Å². The van der Waals surface area contributed by atoms with E-state index in [9.17, 15) is 9.59 Å². The van der Waals surface area contributed by atoms with E-state index in [1.165, 1.54) is 6.92 Å². The van der Waals surface area contributed by atoms with Gasteiger partial charge in [-0.1, -0.05) is 18.2 Å². The van der Waals surface area contributed by atoms with E-state index in [0.29, 0.717) is 26.1 Å². The first-order valence-electron chi connectivity index (χ1n) is 7.14. The van der Waals surface area contributed by atoms with Gasteiger partial charge in [0, 0.05) is 45.8 Å². The van der Waals surface area contributed by atoms with Gasteiger partial charge in [-0.05, 0) is 25.0 Å². The Bertz CT molecular complexity index is 474. The van der Waals surface area contributed by atoms with Gasteiger partial charge >= 0.3 is 0 Å². The number of aryl methyl sites for hydroxylation is 1. The molecule has 0 saturated heterocycles. The largest absolute Gasteiger partial charge is 0.385 e. The molecule has 0 spiro atoms. The fraction of sp³-hybridized carbons (Fsp3) is 0.500. The summed E-state index contributed by atoms with van der Waals surface area (Å²) in [6.45, 7) is 5.12. The molecule has 1 aromatic rings. The van der Waals surface area contributed by atoms with Crippen LogP contribution in [-0.4, -0.2) is 43.5 Å². The summed E-state index contributed by atoms with van der Waals surface area (Å²) >= 11 is 0. The molecule has 0 atom stereocenters. The second-order valence-corrected chi connectivity index (χ2v) is 4.97. The number of nitrogens with one attached hydrogen (secondary N) is 1. The van der Waals surface area contributed by atoms with Crippen LogP contribution >= 0.6 is 0 Å². The third-order valence-electron chi connectivity index (χ3n) is 3.25. The van der Waals surface area contributed by atoms with Gasteiger partial charge in [-0.2, -0.15) is 0 Å². The van der Waals surface area contributed by atoms with E-state index in [-0.39, 0.29) is 11.8 Å². The Balaban J connectivity index is 2.42. The van der Waals surface area contributed by atoms with E-state index in [4.69, 9.17) is 4.74 Å². The maximum absolute atomic E-state index is 11.9. The molecule has 0 aromatic heterocycles. The summed E-state index contributed by atoms with van der Waals surface area (Å²) < 4.78 is 4.97. The Morgan fingerprint density at radius 3 is 2.57 bits per heavy atom. The lowest BCUT2D eigenvalue weighted by Gasteiger charge is -2.20. The Morgan fingerprint density at radius 1 is 1.24 bits per heavy atom. The number of hydrogen-bond donors (Lipinski definition) is 1. The lowest BCUT2D eigenvalue weighted by Crippen LogP contribution is -2.33. The number of benzene rings is 1. The highest BCUT2D eigenvalue weighted by Gasteiger charge is 2.11. The zero-order chi connectivity index (χ0) is 15.7. The van der Waals surface area contributed by atoms with Crippen LogP contribution in [-0.2, 0) is 14.3 Å². The molecule has 1 N–H and O–H groups in total. The molecule has 0 radical (unpaired) electrons. The van der Waals surface area contributed by atoms with E-state index in [2.05, 4.69) is 5.32 Å². The number of hydrogen-bond acceptors (Lipinski definition) is 3. The van der Waals surface area contributed by atoms with Crippen molar-refractivity contribution >= 4 is 17.5 Å². The van der Waals surface area contributed by atoms with E-state index in [1.807, 2.05) is 31.2 Å². The van der Waals surface area contributed by atoms with Crippen molar-refractivity contribution < 1.29 is 14.3 Å². The number of anilines is 1. The molecule has 21 heavy (non-hydrogen) atoms. The molecule has 0 unspecified atom stereocenters. The van der Waals surface area contributed by atoms with Crippen molar-refractivity contribution in [3.05, 3.63) is 29.8 Å². The summed E-state index contributed by atoms with van der Waals surface area (Å²) in [6, 6.07) is 7.63. The van der Waals surface area contributed by atoms with Crippen LogP contribution in [0, 0.1) is 6.92 Å². The molecule has 0 fully saturated rings. The fourth-order valence-electron chi connectivity index (χ4n) is 1.99. The standard InChI is InChI=1S/C16H24N2O3/c1-13-7-4-5-8-15(13)17-16(20)9-11-18(14(2)19)10-6-12-21-3/h4-5,7-8H,6,9-12H2,1-3H3,(H,17,20). The highest BCUT2D eigenvalue weighted by atomic mass is 16.5. The molecule has 0 bridgehead atoms.